The summed E-state index contributed by atoms with van der Waals surface area (Å²) >= 11 is 0. The Labute approximate surface area is 72.9 Å². The molecule has 0 rings (SSSR count). The molecule has 68 valence electrons. The highest BCUT2D eigenvalue weighted by molar-refractivity contribution is 5.71. The summed E-state index contributed by atoms with van der Waals surface area (Å²) in [6, 6.07) is 0. The zero-order chi connectivity index (χ0) is 9.78. The van der Waals surface area contributed by atoms with Crippen LogP contribution < -0.4 is 5.73 Å². The predicted octanol–water partition coefficient (Wildman–Crippen LogP) is 1.36. The minimum Gasteiger partial charge on any atom is -0.440 e. The molecule has 0 aliphatic heterocycles. The van der Waals surface area contributed by atoms with Gasteiger partial charge >= 0.3 is 5.97 Å². The van der Waals surface area contributed by atoms with Gasteiger partial charge in [0, 0.05) is 0 Å². The molecule has 0 bridgehead atoms. The number of nitrogens with two attached hydrogens (primary N) is 1. The van der Waals surface area contributed by atoms with E-state index >= 15 is 0 Å². The zero-order valence-corrected chi connectivity index (χ0v) is 7.59. The van der Waals surface area contributed by atoms with Gasteiger partial charge in [-0.05, 0) is 19.4 Å². The first-order valence-electron chi connectivity index (χ1n) is 3.67. The van der Waals surface area contributed by atoms with Crippen LogP contribution in [0, 0.1) is 0 Å². The molecule has 3 nitrogen and oxygen atoms in total. The van der Waals surface area contributed by atoms with Crippen LogP contribution in [0.3, 0.4) is 0 Å². The first-order valence-corrected chi connectivity index (χ1v) is 3.67. The summed E-state index contributed by atoms with van der Waals surface area (Å²) in [4.78, 5) is 10.9. The van der Waals surface area contributed by atoms with Crippen molar-refractivity contribution in [2.45, 2.75) is 26.0 Å². The molecule has 0 amide bonds. The van der Waals surface area contributed by atoms with Crippen molar-refractivity contribution in [3.63, 3.8) is 0 Å². The third-order valence-corrected chi connectivity index (χ3v) is 1.48. The second-order valence-corrected chi connectivity index (χ2v) is 2.85. The molecular formula is C9H15NO2. The monoisotopic (exact) mass is 169 g/mol. The molecule has 0 spiro atoms. The van der Waals surface area contributed by atoms with Crippen LogP contribution in [0.4, 0.5) is 0 Å². The Hall–Kier alpha value is -1.09. The van der Waals surface area contributed by atoms with E-state index in [1.54, 1.807) is 13.8 Å². The van der Waals surface area contributed by atoms with Gasteiger partial charge in [0.25, 0.3) is 0 Å². The smallest absolute Gasteiger partial charge is 0.311 e. The molecule has 3 heteroatoms. The number of esters is 1. The van der Waals surface area contributed by atoms with Crippen LogP contribution in [0.5, 0.6) is 0 Å². The highest BCUT2D eigenvalue weighted by atomic mass is 16.6. The largest absolute Gasteiger partial charge is 0.440 e. The molecular weight excluding hydrogens is 154 g/mol. The summed E-state index contributed by atoms with van der Waals surface area (Å²) in [7, 11) is 0. The van der Waals surface area contributed by atoms with Gasteiger partial charge in [-0.15, -0.1) is 6.58 Å². The van der Waals surface area contributed by atoms with Crippen molar-refractivity contribution in [1.29, 1.82) is 0 Å². The normalized spacial score (nSPS) is 14.6. The molecule has 0 radical (unpaired) electrons. The van der Waals surface area contributed by atoms with Gasteiger partial charge in [0.05, 0.1) is 6.42 Å². The lowest BCUT2D eigenvalue weighted by Crippen LogP contribution is -2.42. The van der Waals surface area contributed by atoms with E-state index in [0.717, 1.165) is 0 Å². The summed E-state index contributed by atoms with van der Waals surface area (Å²) in [6.07, 6.45) is 1.64. The molecule has 0 aliphatic carbocycles. The van der Waals surface area contributed by atoms with E-state index in [9.17, 15) is 4.79 Å². The van der Waals surface area contributed by atoms with Crippen LogP contribution in [-0.2, 0) is 9.53 Å². The van der Waals surface area contributed by atoms with E-state index in [4.69, 9.17) is 10.5 Å². The van der Waals surface area contributed by atoms with E-state index in [1.807, 2.05) is 0 Å². The van der Waals surface area contributed by atoms with Crippen LogP contribution in [0.1, 0.15) is 20.3 Å². The summed E-state index contributed by atoms with van der Waals surface area (Å²) < 4.78 is 4.91. The second kappa shape index (κ2) is 4.07. The van der Waals surface area contributed by atoms with Crippen molar-refractivity contribution in [2.24, 2.45) is 5.73 Å². The Kier molecular flexibility index (Phi) is 3.70. The number of hydrogen-bond acceptors (Lipinski definition) is 3. The minimum absolute atomic E-state index is 0.167. The van der Waals surface area contributed by atoms with Crippen molar-refractivity contribution in [3.8, 4) is 0 Å². The average Bonchev–Trinajstić information content (AvgIpc) is 1.85. The molecule has 0 aromatic heterocycles. The van der Waals surface area contributed by atoms with Crippen molar-refractivity contribution in [3.05, 3.63) is 24.8 Å². The average molecular weight is 169 g/mol. The predicted molar refractivity (Wildman–Crippen MR) is 48.3 cm³/mol. The molecule has 0 fully saturated rings. The quantitative estimate of drug-likeness (QED) is 0.392. The van der Waals surface area contributed by atoms with Gasteiger partial charge in [-0.25, -0.2) is 0 Å². The van der Waals surface area contributed by atoms with Crippen LogP contribution in [-0.4, -0.2) is 11.7 Å². The molecule has 0 aromatic carbocycles. The topological polar surface area (TPSA) is 52.3 Å². The number of hydrogen-bond donors (Lipinski definition) is 1. The number of ether oxygens (including phenoxy) is 1. The van der Waals surface area contributed by atoms with Crippen LogP contribution >= 0.6 is 0 Å². The maximum atomic E-state index is 10.9. The lowest BCUT2D eigenvalue weighted by molar-refractivity contribution is -0.153. The standard InChI is InChI=1S/C9H15NO2/c1-5-6-8(11)12-9(4,10)7(2)3/h5H,1-2,6,10H2,3-4H3. The summed E-state index contributed by atoms with van der Waals surface area (Å²) in [5.41, 5.74) is 5.16. The van der Waals surface area contributed by atoms with E-state index < -0.39 is 11.7 Å². The number of carbonyl (C=O) groups is 1. The SMILES string of the molecule is C=CCC(=O)OC(C)(N)C(=C)C. The van der Waals surface area contributed by atoms with Gasteiger partial charge in [0.1, 0.15) is 0 Å². The van der Waals surface area contributed by atoms with Gasteiger partial charge in [0.15, 0.2) is 5.72 Å². The molecule has 0 saturated carbocycles. The Bertz CT molecular complexity index is 207. The van der Waals surface area contributed by atoms with Crippen molar-refractivity contribution < 1.29 is 9.53 Å². The Morgan fingerprint density at radius 3 is 2.58 bits per heavy atom. The van der Waals surface area contributed by atoms with Crippen LogP contribution in [0.2, 0.25) is 0 Å². The third kappa shape index (κ3) is 3.34. The molecule has 2 N–H and O–H groups in total. The summed E-state index contributed by atoms with van der Waals surface area (Å²) in [5, 5.41) is 0. The minimum atomic E-state index is -1.07. The van der Waals surface area contributed by atoms with Crippen LogP contribution in [0.15, 0.2) is 24.8 Å². The lowest BCUT2D eigenvalue weighted by Gasteiger charge is -2.24. The van der Waals surface area contributed by atoms with E-state index in [-0.39, 0.29) is 6.42 Å². The third-order valence-electron chi connectivity index (χ3n) is 1.48. The summed E-state index contributed by atoms with van der Waals surface area (Å²) in [5.74, 6) is -0.391. The second-order valence-electron chi connectivity index (χ2n) is 2.85. The van der Waals surface area contributed by atoms with E-state index in [1.165, 1.54) is 6.08 Å². The van der Waals surface area contributed by atoms with Gasteiger partial charge in [0.2, 0.25) is 0 Å². The fourth-order valence-corrected chi connectivity index (χ4v) is 0.483. The van der Waals surface area contributed by atoms with Gasteiger partial charge in [-0.2, -0.15) is 0 Å². The van der Waals surface area contributed by atoms with Gasteiger partial charge in [-0.1, -0.05) is 12.7 Å². The Morgan fingerprint density at radius 2 is 2.25 bits per heavy atom. The first-order chi connectivity index (χ1) is 5.40. The van der Waals surface area contributed by atoms with Crippen molar-refractivity contribution >= 4 is 5.97 Å². The molecule has 1 atom stereocenters. The first kappa shape index (κ1) is 10.9. The lowest BCUT2D eigenvalue weighted by atomic mass is 10.1. The van der Waals surface area contributed by atoms with Crippen molar-refractivity contribution in [2.75, 3.05) is 0 Å². The van der Waals surface area contributed by atoms with E-state index in [2.05, 4.69) is 13.2 Å². The molecule has 0 aliphatic rings. The van der Waals surface area contributed by atoms with Crippen molar-refractivity contribution in [1.82, 2.24) is 0 Å². The van der Waals surface area contributed by atoms with Gasteiger partial charge < -0.3 is 4.74 Å². The molecule has 1 unspecified atom stereocenters. The highest BCUT2D eigenvalue weighted by Crippen LogP contribution is 2.12. The van der Waals surface area contributed by atoms with Gasteiger partial charge in [-0.3, -0.25) is 10.5 Å². The van der Waals surface area contributed by atoms with Crippen LogP contribution in [0.25, 0.3) is 0 Å². The van der Waals surface area contributed by atoms with E-state index in [0.29, 0.717) is 5.57 Å². The maximum absolute atomic E-state index is 10.9. The summed E-state index contributed by atoms with van der Waals surface area (Å²) in [6.45, 7) is 10.3. The highest BCUT2D eigenvalue weighted by Gasteiger charge is 2.23. The number of carbonyl (C=O) groups excluding carboxylic acids is 1. The zero-order valence-electron chi connectivity index (χ0n) is 7.59. The Morgan fingerprint density at radius 1 is 1.75 bits per heavy atom. The fraction of sp³-hybridized carbons (Fsp3) is 0.444. The fourth-order valence-electron chi connectivity index (χ4n) is 0.483. The molecule has 0 saturated heterocycles. The molecule has 0 heterocycles. The maximum Gasteiger partial charge on any atom is 0.311 e. The molecule has 0 aromatic rings. The number of rotatable bonds is 4. The molecule has 12 heavy (non-hydrogen) atoms. The Balaban J connectivity index is 4.14.